The summed E-state index contributed by atoms with van der Waals surface area (Å²) in [6.07, 6.45) is -1.01. The minimum atomic E-state index is -0.801. The molecule has 0 bridgehead atoms. The number of benzene rings is 2. The average Bonchev–Trinajstić information content (AvgIpc) is 2.67. The van der Waals surface area contributed by atoms with Crippen LogP contribution in [0.25, 0.3) is 11.0 Å². The first kappa shape index (κ1) is 21.1. The van der Waals surface area contributed by atoms with Gasteiger partial charge in [0, 0.05) is 23.2 Å². The van der Waals surface area contributed by atoms with Gasteiger partial charge in [0.05, 0.1) is 11.7 Å². The lowest BCUT2D eigenvalue weighted by atomic mass is 10.1. The Morgan fingerprint density at radius 2 is 1.70 bits per heavy atom. The number of amides is 1. The van der Waals surface area contributed by atoms with E-state index >= 15 is 0 Å². The first-order chi connectivity index (χ1) is 14.2. The molecule has 156 valence electrons. The van der Waals surface area contributed by atoms with Gasteiger partial charge in [0.25, 0.3) is 5.91 Å². The highest BCUT2D eigenvalue weighted by atomic mass is 16.5. The van der Waals surface area contributed by atoms with Crippen LogP contribution in [-0.4, -0.2) is 24.1 Å². The second-order valence-electron chi connectivity index (χ2n) is 7.19. The third kappa shape index (κ3) is 5.05. The van der Waals surface area contributed by atoms with Crippen molar-refractivity contribution in [3.05, 3.63) is 70.1 Å². The summed E-state index contributed by atoms with van der Waals surface area (Å²) >= 11 is 0. The summed E-state index contributed by atoms with van der Waals surface area (Å²) in [6, 6.07) is 12.9. The van der Waals surface area contributed by atoms with Crippen LogP contribution in [0.5, 0.6) is 5.75 Å². The molecule has 30 heavy (non-hydrogen) atoms. The zero-order valence-corrected chi connectivity index (χ0v) is 17.2. The molecular weight excluding hydrogens is 386 g/mol. The Kier molecular flexibility index (Phi) is 6.20. The zero-order valence-electron chi connectivity index (χ0n) is 17.2. The lowest BCUT2D eigenvalue weighted by Gasteiger charge is -2.15. The van der Waals surface area contributed by atoms with E-state index in [-0.39, 0.29) is 12.0 Å². The maximum absolute atomic E-state index is 12.5. The van der Waals surface area contributed by atoms with Gasteiger partial charge in [-0.25, -0.2) is 9.59 Å². The normalized spacial score (nSPS) is 11.9. The first-order valence-electron chi connectivity index (χ1n) is 9.56. The number of carbonyl (C=O) groups is 2. The fourth-order valence-electron chi connectivity index (χ4n) is 2.85. The number of hydrogen-bond donors (Lipinski definition) is 1. The van der Waals surface area contributed by atoms with Gasteiger partial charge in [0.15, 0.2) is 6.10 Å². The molecule has 0 unspecified atom stereocenters. The van der Waals surface area contributed by atoms with Gasteiger partial charge in [-0.05, 0) is 69.7 Å². The maximum atomic E-state index is 12.5. The smallest absolute Gasteiger partial charge is 0.338 e. The Balaban J connectivity index is 1.65. The van der Waals surface area contributed by atoms with Gasteiger partial charge in [-0.3, -0.25) is 4.79 Å². The molecule has 0 aliphatic carbocycles. The molecule has 0 saturated carbocycles. The zero-order chi connectivity index (χ0) is 21.8. The topological polar surface area (TPSA) is 94.8 Å². The van der Waals surface area contributed by atoms with E-state index in [1.54, 1.807) is 63.2 Å². The van der Waals surface area contributed by atoms with Crippen LogP contribution in [0, 0.1) is 6.92 Å². The molecule has 3 aromatic rings. The molecule has 2 aromatic carbocycles. The molecule has 1 aromatic heterocycles. The maximum Gasteiger partial charge on any atom is 0.338 e. The summed E-state index contributed by atoms with van der Waals surface area (Å²) in [4.78, 5) is 35.9. The van der Waals surface area contributed by atoms with Gasteiger partial charge in [-0.2, -0.15) is 0 Å². The van der Waals surface area contributed by atoms with Gasteiger partial charge in [-0.15, -0.1) is 0 Å². The summed E-state index contributed by atoms with van der Waals surface area (Å²) in [5, 5.41) is 3.54. The number of fused-ring (bicyclic) bond motifs is 1. The molecule has 0 fully saturated rings. The van der Waals surface area contributed by atoms with E-state index in [2.05, 4.69) is 5.32 Å². The van der Waals surface area contributed by atoms with Crippen molar-refractivity contribution in [2.24, 2.45) is 0 Å². The van der Waals surface area contributed by atoms with Crippen molar-refractivity contribution >= 4 is 28.5 Å². The number of esters is 1. The van der Waals surface area contributed by atoms with Crippen molar-refractivity contribution in [2.45, 2.75) is 39.9 Å². The summed E-state index contributed by atoms with van der Waals surface area (Å²) in [5.41, 5.74) is 1.69. The monoisotopic (exact) mass is 409 g/mol. The molecule has 1 amide bonds. The molecule has 7 nitrogen and oxygen atoms in total. The van der Waals surface area contributed by atoms with Crippen LogP contribution in [0.4, 0.5) is 5.69 Å². The van der Waals surface area contributed by atoms with E-state index in [0.29, 0.717) is 22.6 Å². The Morgan fingerprint density at radius 3 is 2.37 bits per heavy atom. The minimum Gasteiger partial charge on any atom is -0.481 e. The van der Waals surface area contributed by atoms with E-state index in [1.807, 2.05) is 6.92 Å². The molecule has 3 rings (SSSR count). The highest BCUT2D eigenvalue weighted by molar-refractivity contribution is 5.95. The number of aryl methyl sites for hydroxylation is 1. The number of carbonyl (C=O) groups excluding carboxylic acids is 2. The van der Waals surface area contributed by atoms with Crippen molar-refractivity contribution in [3.63, 3.8) is 0 Å². The van der Waals surface area contributed by atoms with Gasteiger partial charge in [-0.1, -0.05) is 0 Å². The average molecular weight is 409 g/mol. The van der Waals surface area contributed by atoms with Crippen LogP contribution in [0.3, 0.4) is 0 Å². The van der Waals surface area contributed by atoms with E-state index in [9.17, 15) is 14.4 Å². The molecule has 0 spiro atoms. The molecule has 0 radical (unpaired) electrons. The van der Waals surface area contributed by atoms with Crippen molar-refractivity contribution < 1.29 is 23.5 Å². The molecule has 1 atom stereocenters. The standard InChI is InChI=1S/C23H23NO6/c1-13(2)28-23(27)16-5-7-17(8-6-16)24-22(26)15(4)29-18-9-10-19-14(3)11-21(25)30-20(19)12-18/h5-13,15H,1-4H3,(H,24,26)/t15-/m0/s1. The van der Waals surface area contributed by atoms with Gasteiger partial charge in [0.1, 0.15) is 11.3 Å². The second-order valence-corrected chi connectivity index (χ2v) is 7.19. The Labute approximate surface area is 173 Å². The first-order valence-corrected chi connectivity index (χ1v) is 9.56. The molecule has 1 heterocycles. The Bertz CT molecular complexity index is 1130. The fourth-order valence-corrected chi connectivity index (χ4v) is 2.85. The largest absolute Gasteiger partial charge is 0.481 e. The third-order valence-electron chi connectivity index (χ3n) is 4.34. The van der Waals surface area contributed by atoms with Crippen LogP contribution in [0.2, 0.25) is 0 Å². The van der Waals surface area contributed by atoms with Gasteiger partial charge < -0.3 is 19.2 Å². The number of hydrogen-bond acceptors (Lipinski definition) is 6. The quantitative estimate of drug-likeness (QED) is 0.487. The summed E-state index contributed by atoms with van der Waals surface area (Å²) < 4.78 is 16.0. The van der Waals surface area contributed by atoms with Crippen molar-refractivity contribution in [2.75, 3.05) is 5.32 Å². The number of rotatable bonds is 6. The van der Waals surface area contributed by atoms with Crippen molar-refractivity contribution in [1.82, 2.24) is 0 Å². The summed E-state index contributed by atoms with van der Waals surface area (Å²) in [7, 11) is 0. The predicted octanol–water partition coefficient (Wildman–Crippen LogP) is 4.07. The molecule has 7 heteroatoms. The second kappa shape index (κ2) is 8.82. The van der Waals surface area contributed by atoms with E-state index in [1.165, 1.54) is 6.07 Å². The Hall–Kier alpha value is -3.61. The number of ether oxygens (including phenoxy) is 2. The van der Waals surface area contributed by atoms with Crippen LogP contribution < -0.4 is 15.7 Å². The van der Waals surface area contributed by atoms with Crippen molar-refractivity contribution in [1.29, 1.82) is 0 Å². The van der Waals surface area contributed by atoms with E-state index in [4.69, 9.17) is 13.9 Å². The third-order valence-corrected chi connectivity index (χ3v) is 4.34. The lowest BCUT2D eigenvalue weighted by molar-refractivity contribution is -0.122. The summed E-state index contributed by atoms with van der Waals surface area (Å²) in [5.74, 6) is -0.373. The van der Waals surface area contributed by atoms with Crippen molar-refractivity contribution in [3.8, 4) is 5.75 Å². The van der Waals surface area contributed by atoms with Crippen LogP contribution in [-0.2, 0) is 9.53 Å². The Morgan fingerprint density at radius 1 is 1.00 bits per heavy atom. The number of anilines is 1. The number of nitrogens with one attached hydrogen (secondary N) is 1. The van der Waals surface area contributed by atoms with Crippen LogP contribution in [0.1, 0.15) is 36.7 Å². The van der Waals surface area contributed by atoms with E-state index in [0.717, 1.165) is 10.9 Å². The molecule has 1 N–H and O–H groups in total. The summed E-state index contributed by atoms with van der Waals surface area (Å²) in [6.45, 7) is 6.99. The SMILES string of the molecule is Cc1cc(=O)oc2cc(O[C@@H](C)C(=O)Nc3ccc(C(=O)OC(C)C)cc3)ccc12. The molecule has 0 aliphatic rings. The lowest BCUT2D eigenvalue weighted by Crippen LogP contribution is -2.30. The minimum absolute atomic E-state index is 0.207. The molecule has 0 aliphatic heterocycles. The van der Waals surface area contributed by atoms with Crippen LogP contribution >= 0.6 is 0 Å². The molecular formula is C23H23NO6. The van der Waals surface area contributed by atoms with E-state index < -0.39 is 17.7 Å². The molecule has 0 saturated heterocycles. The highest BCUT2D eigenvalue weighted by Crippen LogP contribution is 2.23. The predicted molar refractivity (Wildman–Crippen MR) is 113 cm³/mol. The fraction of sp³-hybridized carbons (Fsp3) is 0.261. The van der Waals surface area contributed by atoms with Gasteiger partial charge >= 0.3 is 11.6 Å². The van der Waals surface area contributed by atoms with Gasteiger partial charge in [0.2, 0.25) is 0 Å². The van der Waals surface area contributed by atoms with Crippen LogP contribution in [0.15, 0.2) is 57.7 Å². The highest BCUT2D eigenvalue weighted by Gasteiger charge is 2.16.